The molecule has 1 atom stereocenters. The molecule has 0 saturated carbocycles. The minimum Gasteiger partial charge on any atom is -0.359 e. The Balaban J connectivity index is 2.18. The highest BCUT2D eigenvalue weighted by molar-refractivity contribution is 9.10. The molecular formula is C13H17BrN2S. The Labute approximate surface area is 115 Å². The first-order valence-corrected chi connectivity index (χ1v) is 7.66. The first-order chi connectivity index (χ1) is 8.22. The van der Waals surface area contributed by atoms with Gasteiger partial charge in [0.15, 0.2) is 5.13 Å². The summed E-state index contributed by atoms with van der Waals surface area (Å²) >= 11 is 5.22. The maximum atomic E-state index is 4.61. The van der Waals surface area contributed by atoms with E-state index in [9.17, 15) is 0 Å². The van der Waals surface area contributed by atoms with Gasteiger partial charge in [0.2, 0.25) is 0 Å². The van der Waals surface area contributed by atoms with E-state index in [-0.39, 0.29) is 0 Å². The molecule has 0 aliphatic heterocycles. The number of nitrogens with one attached hydrogen (secondary N) is 1. The number of benzene rings is 1. The fraction of sp³-hybridized carbons (Fsp3) is 0.462. The average Bonchev–Trinajstić information content (AvgIpc) is 2.69. The normalized spacial score (nSPS) is 12.9. The zero-order valence-electron chi connectivity index (χ0n) is 10.2. The quantitative estimate of drug-likeness (QED) is 0.835. The number of anilines is 1. The van der Waals surface area contributed by atoms with Crippen LogP contribution in [0.15, 0.2) is 22.7 Å². The van der Waals surface area contributed by atoms with Gasteiger partial charge < -0.3 is 5.32 Å². The van der Waals surface area contributed by atoms with Crippen LogP contribution in [0.2, 0.25) is 0 Å². The SMILES string of the molecule is CCCC(CC)Nc1nc2ccc(Br)cc2s1. The standard InChI is InChI=1S/C13H17BrN2S/c1-3-5-10(4-2)15-13-16-11-7-6-9(14)8-12(11)17-13/h6-8,10H,3-5H2,1-2H3,(H,15,16). The molecule has 0 bridgehead atoms. The summed E-state index contributed by atoms with van der Waals surface area (Å²) in [6.45, 7) is 4.44. The number of hydrogen-bond acceptors (Lipinski definition) is 3. The maximum Gasteiger partial charge on any atom is 0.184 e. The van der Waals surface area contributed by atoms with Crippen LogP contribution in [-0.2, 0) is 0 Å². The predicted octanol–water partition coefficient (Wildman–Crippen LogP) is 5.05. The molecular weight excluding hydrogens is 296 g/mol. The first-order valence-electron chi connectivity index (χ1n) is 6.05. The van der Waals surface area contributed by atoms with Crippen LogP contribution >= 0.6 is 27.3 Å². The molecule has 2 rings (SSSR count). The van der Waals surface area contributed by atoms with Gasteiger partial charge in [-0.1, -0.05) is 47.5 Å². The summed E-state index contributed by atoms with van der Waals surface area (Å²) in [5.74, 6) is 0. The van der Waals surface area contributed by atoms with Crippen LogP contribution in [0.1, 0.15) is 33.1 Å². The average molecular weight is 313 g/mol. The lowest BCUT2D eigenvalue weighted by atomic mass is 10.1. The smallest absolute Gasteiger partial charge is 0.184 e. The zero-order chi connectivity index (χ0) is 12.3. The number of nitrogens with zero attached hydrogens (tertiary/aromatic N) is 1. The highest BCUT2D eigenvalue weighted by Crippen LogP contribution is 2.29. The van der Waals surface area contributed by atoms with Crippen molar-refractivity contribution in [2.45, 2.75) is 39.2 Å². The molecule has 0 radical (unpaired) electrons. The molecule has 0 amide bonds. The molecule has 1 N–H and O–H groups in total. The monoisotopic (exact) mass is 312 g/mol. The molecule has 2 aromatic rings. The van der Waals surface area contributed by atoms with Crippen LogP contribution in [-0.4, -0.2) is 11.0 Å². The Morgan fingerprint density at radius 2 is 2.24 bits per heavy atom. The van der Waals surface area contributed by atoms with Crippen molar-refractivity contribution >= 4 is 42.6 Å². The number of fused-ring (bicyclic) bond motifs is 1. The Hall–Kier alpha value is -0.610. The van der Waals surface area contributed by atoms with E-state index in [0.29, 0.717) is 6.04 Å². The molecule has 1 aromatic carbocycles. The molecule has 2 nitrogen and oxygen atoms in total. The van der Waals surface area contributed by atoms with E-state index < -0.39 is 0 Å². The van der Waals surface area contributed by atoms with Gasteiger partial charge in [-0.15, -0.1) is 0 Å². The Morgan fingerprint density at radius 1 is 1.41 bits per heavy atom. The summed E-state index contributed by atoms with van der Waals surface area (Å²) in [7, 11) is 0. The van der Waals surface area contributed by atoms with Crippen LogP contribution in [0.25, 0.3) is 10.2 Å². The van der Waals surface area contributed by atoms with E-state index in [1.807, 2.05) is 6.07 Å². The van der Waals surface area contributed by atoms with Gasteiger partial charge in [0.1, 0.15) is 0 Å². The summed E-state index contributed by atoms with van der Waals surface area (Å²) < 4.78 is 2.34. The summed E-state index contributed by atoms with van der Waals surface area (Å²) in [6, 6.07) is 6.76. The van der Waals surface area contributed by atoms with Crippen molar-refractivity contribution in [2.24, 2.45) is 0 Å². The van der Waals surface area contributed by atoms with Crippen molar-refractivity contribution in [3.05, 3.63) is 22.7 Å². The van der Waals surface area contributed by atoms with Crippen molar-refractivity contribution in [2.75, 3.05) is 5.32 Å². The van der Waals surface area contributed by atoms with Crippen LogP contribution < -0.4 is 5.32 Å². The lowest BCUT2D eigenvalue weighted by Gasteiger charge is -2.14. The molecule has 0 fully saturated rings. The van der Waals surface area contributed by atoms with Gasteiger partial charge in [-0.25, -0.2) is 4.98 Å². The number of aromatic nitrogens is 1. The van der Waals surface area contributed by atoms with Crippen molar-refractivity contribution in [3.63, 3.8) is 0 Å². The zero-order valence-corrected chi connectivity index (χ0v) is 12.6. The van der Waals surface area contributed by atoms with Crippen molar-refractivity contribution in [3.8, 4) is 0 Å². The molecule has 1 heterocycles. The van der Waals surface area contributed by atoms with Crippen LogP contribution in [0, 0.1) is 0 Å². The van der Waals surface area contributed by atoms with Crippen molar-refractivity contribution in [1.29, 1.82) is 0 Å². The Bertz CT molecular complexity index is 495. The fourth-order valence-corrected chi connectivity index (χ4v) is 3.36. The van der Waals surface area contributed by atoms with Gasteiger partial charge in [-0.05, 0) is 31.0 Å². The van der Waals surface area contributed by atoms with E-state index in [1.165, 1.54) is 17.5 Å². The highest BCUT2D eigenvalue weighted by atomic mass is 79.9. The van der Waals surface area contributed by atoms with Crippen LogP contribution in [0.5, 0.6) is 0 Å². The van der Waals surface area contributed by atoms with Gasteiger partial charge >= 0.3 is 0 Å². The summed E-state index contributed by atoms with van der Waals surface area (Å²) in [4.78, 5) is 4.61. The van der Waals surface area contributed by atoms with Crippen molar-refractivity contribution < 1.29 is 0 Å². The largest absolute Gasteiger partial charge is 0.359 e. The molecule has 1 aromatic heterocycles. The number of rotatable bonds is 5. The molecule has 1 unspecified atom stereocenters. The third kappa shape index (κ3) is 3.19. The Morgan fingerprint density at radius 3 is 2.94 bits per heavy atom. The third-order valence-electron chi connectivity index (χ3n) is 2.81. The number of hydrogen-bond donors (Lipinski definition) is 1. The molecule has 17 heavy (non-hydrogen) atoms. The molecule has 92 valence electrons. The second-order valence-corrected chi connectivity index (χ2v) is 6.12. The van der Waals surface area contributed by atoms with Gasteiger partial charge in [-0.2, -0.15) is 0 Å². The molecule has 0 aliphatic rings. The minimum atomic E-state index is 0.545. The van der Waals surface area contributed by atoms with Crippen LogP contribution in [0.3, 0.4) is 0 Å². The van der Waals surface area contributed by atoms with Gasteiger partial charge in [0, 0.05) is 10.5 Å². The molecule has 0 aliphatic carbocycles. The summed E-state index contributed by atoms with van der Waals surface area (Å²) in [5.41, 5.74) is 1.08. The first kappa shape index (κ1) is 12.8. The molecule has 4 heteroatoms. The van der Waals surface area contributed by atoms with E-state index in [4.69, 9.17) is 0 Å². The van der Waals surface area contributed by atoms with Gasteiger partial charge in [0.25, 0.3) is 0 Å². The Kier molecular flexibility index (Phi) is 4.40. The number of halogens is 1. The lowest BCUT2D eigenvalue weighted by molar-refractivity contribution is 0.622. The number of thiazole rings is 1. The van der Waals surface area contributed by atoms with Gasteiger partial charge in [0.05, 0.1) is 10.2 Å². The maximum absolute atomic E-state index is 4.61. The van der Waals surface area contributed by atoms with E-state index in [2.05, 4.69) is 52.2 Å². The minimum absolute atomic E-state index is 0.545. The topological polar surface area (TPSA) is 24.9 Å². The predicted molar refractivity (Wildman–Crippen MR) is 79.9 cm³/mol. The van der Waals surface area contributed by atoms with E-state index in [0.717, 1.165) is 21.5 Å². The summed E-state index contributed by atoms with van der Waals surface area (Å²) in [5, 5.41) is 4.57. The lowest BCUT2D eigenvalue weighted by Crippen LogP contribution is -2.17. The molecule has 0 spiro atoms. The fourth-order valence-electron chi connectivity index (χ4n) is 1.86. The second kappa shape index (κ2) is 5.83. The third-order valence-corrected chi connectivity index (χ3v) is 4.25. The second-order valence-electron chi connectivity index (χ2n) is 4.17. The summed E-state index contributed by atoms with van der Waals surface area (Å²) in [6.07, 6.45) is 3.56. The van der Waals surface area contributed by atoms with Crippen molar-refractivity contribution in [1.82, 2.24) is 4.98 Å². The van der Waals surface area contributed by atoms with Gasteiger partial charge in [-0.3, -0.25) is 0 Å². The van der Waals surface area contributed by atoms with E-state index in [1.54, 1.807) is 11.3 Å². The van der Waals surface area contributed by atoms with Crippen LogP contribution in [0.4, 0.5) is 5.13 Å². The molecule has 0 saturated heterocycles. The van der Waals surface area contributed by atoms with E-state index >= 15 is 0 Å². The highest BCUT2D eigenvalue weighted by Gasteiger charge is 2.09.